The Morgan fingerprint density at radius 3 is 1.43 bits per heavy atom. The normalized spacial score (nSPS) is 8.21. The molecule has 0 saturated carbocycles. The minimum Gasteiger partial charge on any atom is -0.193 e. The number of nitriles is 2. The van der Waals surface area contributed by atoms with Crippen molar-refractivity contribution in [3.63, 3.8) is 0 Å². The van der Waals surface area contributed by atoms with Gasteiger partial charge in [0.25, 0.3) is 0 Å². The zero-order chi connectivity index (χ0) is 21.3. The van der Waals surface area contributed by atoms with Gasteiger partial charge >= 0.3 is 0 Å². The Morgan fingerprint density at radius 1 is 0.643 bits per heavy atom. The molecule has 0 heterocycles. The van der Waals surface area contributed by atoms with Crippen molar-refractivity contribution in [2.45, 2.75) is 0 Å². The number of benzene rings is 2. The van der Waals surface area contributed by atoms with Gasteiger partial charge in [0.1, 0.15) is 0 Å². The van der Waals surface area contributed by atoms with Crippen molar-refractivity contribution in [2.24, 2.45) is 0 Å². The van der Waals surface area contributed by atoms with Gasteiger partial charge in [-0.05, 0) is 11.1 Å². The molecule has 0 saturated heterocycles. The van der Waals surface area contributed by atoms with Gasteiger partial charge in [0.15, 0.2) is 0 Å². The highest BCUT2D eigenvalue weighted by Gasteiger charge is 1.79. The van der Waals surface area contributed by atoms with Crippen molar-refractivity contribution in [3.8, 4) is 12.1 Å². The Morgan fingerprint density at radius 2 is 1.11 bits per heavy atom. The summed E-state index contributed by atoms with van der Waals surface area (Å²) >= 11 is 0. The first-order chi connectivity index (χ1) is 13.7. The predicted molar refractivity (Wildman–Crippen MR) is 123 cm³/mol. The van der Waals surface area contributed by atoms with Gasteiger partial charge in [-0.1, -0.05) is 123 Å². The summed E-state index contributed by atoms with van der Waals surface area (Å²) in [5, 5.41) is 15.7. The molecule has 0 N–H and O–H groups in total. The number of hydrogen-bond donors (Lipinski definition) is 0. The standard InChI is InChI=1S/C11H9N.C8H8.C4H6.C3H3N/c12-10-6-2-5-9-11-7-3-1-4-8-11;1-2-8-6-4-3-5-7-8;1-3-4-2;1-2-3-4/h1-9H;2-7H,1H2;3-4H,1-2H2;2H,1H2. The monoisotopic (exact) mass is 366 g/mol. The number of nitrogens with zero attached hydrogens (tertiary/aromatic N) is 2. The molecule has 0 spiro atoms. The molecular formula is C26H26N2. The van der Waals surface area contributed by atoms with E-state index in [1.54, 1.807) is 24.3 Å². The first-order valence-electron chi connectivity index (χ1n) is 8.39. The van der Waals surface area contributed by atoms with Gasteiger partial charge in [0, 0.05) is 12.2 Å². The van der Waals surface area contributed by atoms with Gasteiger partial charge in [0.05, 0.1) is 12.1 Å². The molecule has 0 aliphatic heterocycles. The smallest absolute Gasteiger partial charge is 0.0912 e. The van der Waals surface area contributed by atoms with Crippen LogP contribution < -0.4 is 0 Å². The second kappa shape index (κ2) is 22.9. The van der Waals surface area contributed by atoms with E-state index in [-0.39, 0.29) is 0 Å². The van der Waals surface area contributed by atoms with Gasteiger partial charge in [0.2, 0.25) is 0 Å². The largest absolute Gasteiger partial charge is 0.193 e. The SMILES string of the molecule is C=CC#N.C=CC=C.C=Cc1ccccc1.N#CC=CC=Cc1ccccc1. The molecular weight excluding hydrogens is 340 g/mol. The van der Waals surface area contributed by atoms with Gasteiger partial charge in [-0.3, -0.25) is 0 Å². The molecule has 0 atom stereocenters. The van der Waals surface area contributed by atoms with Crippen LogP contribution in [0.4, 0.5) is 0 Å². The molecule has 0 aliphatic carbocycles. The Kier molecular flexibility index (Phi) is 21.3. The van der Waals surface area contributed by atoms with E-state index < -0.39 is 0 Å². The lowest BCUT2D eigenvalue weighted by Crippen LogP contribution is -1.66. The Bertz CT molecular complexity index is 793. The van der Waals surface area contributed by atoms with Crippen molar-refractivity contribution >= 4 is 12.2 Å². The van der Waals surface area contributed by atoms with Crippen LogP contribution in [0.3, 0.4) is 0 Å². The average Bonchev–Trinajstić information content (AvgIpc) is 2.79. The van der Waals surface area contributed by atoms with Crippen molar-refractivity contribution in [2.75, 3.05) is 0 Å². The highest BCUT2D eigenvalue weighted by atomic mass is 14.2. The average molecular weight is 367 g/mol. The molecule has 28 heavy (non-hydrogen) atoms. The molecule has 140 valence electrons. The zero-order valence-electron chi connectivity index (χ0n) is 16.1. The highest BCUT2D eigenvalue weighted by Crippen LogP contribution is 2.00. The summed E-state index contributed by atoms with van der Waals surface area (Å²) in [6.07, 6.45) is 13.2. The van der Waals surface area contributed by atoms with Crippen LogP contribution in [-0.4, -0.2) is 0 Å². The van der Waals surface area contributed by atoms with Crippen molar-refractivity contribution < 1.29 is 0 Å². The van der Waals surface area contributed by atoms with Crippen LogP contribution in [0.25, 0.3) is 12.2 Å². The first-order valence-corrected chi connectivity index (χ1v) is 8.39. The fourth-order valence-electron chi connectivity index (χ4n) is 1.42. The Labute approximate surface area is 169 Å². The molecule has 2 heteroatoms. The van der Waals surface area contributed by atoms with Gasteiger partial charge in [-0.2, -0.15) is 10.5 Å². The van der Waals surface area contributed by atoms with E-state index in [0.29, 0.717) is 0 Å². The Hall–Kier alpha value is -4.14. The number of rotatable bonds is 4. The summed E-state index contributed by atoms with van der Waals surface area (Å²) in [5.41, 5.74) is 2.31. The van der Waals surface area contributed by atoms with E-state index in [0.717, 1.165) is 5.56 Å². The van der Waals surface area contributed by atoms with Crippen LogP contribution in [0.5, 0.6) is 0 Å². The Balaban J connectivity index is 0. The van der Waals surface area contributed by atoms with E-state index in [9.17, 15) is 0 Å². The van der Waals surface area contributed by atoms with Gasteiger partial charge in [-0.25, -0.2) is 0 Å². The van der Waals surface area contributed by atoms with Crippen LogP contribution in [0.15, 0.2) is 123 Å². The second-order valence-electron chi connectivity index (χ2n) is 4.68. The van der Waals surface area contributed by atoms with Crippen molar-refractivity contribution in [1.82, 2.24) is 0 Å². The molecule has 2 aromatic carbocycles. The summed E-state index contributed by atoms with van der Waals surface area (Å²) in [7, 11) is 0. The maximum Gasteiger partial charge on any atom is 0.0912 e. The molecule has 0 bridgehead atoms. The third-order valence-corrected chi connectivity index (χ3v) is 2.66. The van der Waals surface area contributed by atoms with E-state index in [4.69, 9.17) is 10.5 Å². The van der Waals surface area contributed by atoms with Gasteiger partial charge in [-0.15, -0.1) is 0 Å². The fraction of sp³-hybridized carbons (Fsp3) is 0. The van der Waals surface area contributed by atoms with Crippen molar-refractivity contribution in [1.29, 1.82) is 10.5 Å². The third kappa shape index (κ3) is 19.9. The topological polar surface area (TPSA) is 47.6 Å². The molecule has 2 nitrogen and oxygen atoms in total. The third-order valence-electron chi connectivity index (χ3n) is 2.66. The van der Waals surface area contributed by atoms with Crippen molar-refractivity contribution in [3.05, 3.63) is 135 Å². The lowest BCUT2D eigenvalue weighted by molar-refractivity contribution is 1.53. The molecule has 0 radical (unpaired) electrons. The van der Waals surface area contributed by atoms with Crippen LogP contribution in [0.1, 0.15) is 11.1 Å². The van der Waals surface area contributed by atoms with Gasteiger partial charge < -0.3 is 0 Å². The summed E-state index contributed by atoms with van der Waals surface area (Å²) < 4.78 is 0. The molecule has 2 rings (SSSR count). The van der Waals surface area contributed by atoms with E-state index in [1.807, 2.05) is 85.0 Å². The lowest BCUT2D eigenvalue weighted by atomic mass is 10.2. The maximum absolute atomic E-state index is 8.19. The summed E-state index contributed by atoms with van der Waals surface area (Å²) in [6, 6.07) is 23.6. The van der Waals surface area contributed by atoms with E-state index in [1.165, 1.54) is 17.7 Å². The fourth-order valence-corrected chi connectivity index (χ4v) is 1.42. The van der Waals surface area contributed by atoms with Crippen LogP contribution >= 0.6 is 0 Å². The molecule has 0 unspecified atom stereocenters. The zero-order valence-corrected chi connectivity index (χ0v) is 16.1. The number of allylic oxidation sites excluding steroid dienone is 6. The number of hydrogen-bond acceptors (Lipinski definition) is 2. The van der Waals surface area contributed by atoms with E-state index >= 15 is 0 Å². The molecule has 0 fully saturated rings. The van der Waals surface area contributed by atoms with E-state index in [2.05, 4.69) is 26.3 Å². The highest BCUT2D eigenvalue weighted by molar-refractivity contribution is 5.50. The lowest BCUT2D eigenvalue weighted by Gasteiger charge is -1.87. The molecule has 0 amide bonds. The van der Waals surface area contributed by atoms with Crippen LogP contribution in [-0.2, 0) is 0 Å². The minimum absolute atomic E-state index is 1.14. The molecule has 2 aromatic rings. The molecule has 0 aliphatic rings. The van der Waals surface area contributed by atoms with Crippen LogP contribution in [0, 0.1) is 22.7 Å². The predicted octanol–water partition coefficient (Wildman–Crippen LogP) is 7.16. The summed E-state index contributed by atoms with van der Waals surface area (Å²) in [6.45, 7) is 13.5. The molecule has 0 aromatic heterocycles. The minimum atomic E-state index is 1.14. The maximum atomic E-state index is 8.19. The summed E-state index contributed by atoms with van der Waals surface area (Å²) in [4.78, 5) is 0. The van der Waals surface area contributed by atoms with Crippen LogP contribution in [0.2, 0.25) is 0 Å². The second-order valence-corrected chi connectivity index (χ2v) is 4.68. The summed E-state index contributed by atoms with van der Waals surface area (Å²) in [5.74, 6) is 0. The quantitative estimate of drug-likeness (QED) is 0.425. The first kappa shape index (κ1) is 26.1.